The molecule has 0 radical (unpaired) electrons. The van der Waals surface area contributed by atoms with Gasteiger partial charge >= 0.3 is 11.8 Å². The van der Waals surface area contributed by atoms with Crippen LogP contribution in [-0.2, 0) is 9.59 Å². The highest BCUT2D eigenvalue weighted by Crippen LogP contribution is 2.34. The van der Waals surface area contributed by atoms with E-state index in [1.807, 2.05) is 6.92 Å². The molecule has 2 atom stereocenters. The summed E-state index contributed by atoms with van der Waals surface area (Å²) in [6.07, 6.45) is 4.44. The third-order valence-corrected chi connectivity index (χ3v) is 5.27. The van der Waals surface area contributed by atoms with Crippen molar-refractivity contribution in [3.05, 3.63) is 48.0 Å². The number of piperidine rings is 1. The fourth-order valence-electron chi connectivity index (χ4n) is 3.79. The molecule has 8 nitrogen and oxygen atoms in total. The standard InChI is InChI=1S/C20H21FN6O2/c1-11-5-6-16(12-3-2-4-13(21)7-12)27(10-11)20(29)19(28)25-15-9-23-18(22)14-8-24-26-17(14)15/h2-4,7-9,11,16H,5-6,10H2,1H3,(H2,22,23)(H,24,26)(H,25,28). The predicted molar refractivity (Wildman–Crippen MR) is 106 cm³/mol. The summed E-state index contributed by atoms with van der Waals surface area (Å²) in [4.78, 5) is 31.3. The molecule has 1 aromatic carbocycles. The Morgan fingerprint density at radius 1 is 1.31 bits per heavy atom. The summed E-state index contributed by atoms with van der Waals surface area (Å²) in [5, 5.41) is 9.81. The van der Waals surface area contributed by atoms with E-state index in [9.17, 15) is 14.0 Å². The third kappa shape index (κ3) is 3.63. The summed E-state index contributed by atoms with van der Waals surface area (Å²) >= 11 is 0. The number of pyridine rings is 1. The number of carbonyl (C=O) groups excluding carboxylic acids is 2. The van der Waals surface area contributed by atoms with Gasteiger partial charge in [-0.1, -0.05) is 19.1 Å². The van der Waals surface area contributed by atoms with Crippen molar-refractivity contribution >= 4 is 34.2 Å². The van der Waals surface area contributed by atoms with Crippen LogP contribution in [0.25, 0.3) is 10.9 Å². The average molecular weight is 396 g/mol. The molecule has 0 saturated carbocycles. The van der Waals surface area contributed by atoms with Crippen molar-refractivity contribution in [3.63, 3.8) is 0 Å². The van der Waals surface area contributed by atoms with E-state index >= 15 is 0 Å². The van der Waals surface area contributed by atoms with Crippen LogP contribution in [0.3, 0.4) is 0 Å². The highest BCUT2D eigenvalue weighted by atomic mass is 19.1. The SMILES string of the molecule is CC1CCC(c2cccc(F)c2)N(C(=O)C(=O)Nc2cnc(N)c3cn[nH]c23)C1. The van der Waals surface area contributed by atoms with Gasteiger partial charge in [-0.15, -0.1) is 0 Å². The molecule has 150 valence electrons. The monoisotopic (exact) mass is 396 g/mol. The van der Waals surface area contributed by atoms with Crippen molar-refractivity contribution in [2.24, 2.45) is 5.92 Å². The second-order valence-electron chi connectivity index (χ2n) is 7.38. The number of benzene rings is 1. The first kappa shape index (κ1) is 18.9. The molecular formula is C20H21FN6O2. The van der Waals surface area contributed by atoms with Gasteiger partial charge in [-0.05, 0) is 36.5 Å². The number of nitrogens with two attached hydrogens (primary N) is 1. The number of H-pyrrole nitrogens is 1. The van der Waals surface area contributed by atoms with Crippen molar-refractivity contribution < 1.29 is 14.0 Å². The summed E-state index contributed by atoms with van der Waals surface area (Å²) in [7, 11) is 0. The number of halogens is 1. The Kier molecular flexibility index (Phi) is 4.87. The Bertz CT molecular complexity index is 1080. The molecule has 4 rings (SSSR count). The topological polar surface area (TPSA) is 117 Å². The lowest BCUT2D eigenvalue weighted by atomic mass is 9.89. The van der Waals surface area contributed by atoms with Crippen LogP contribution >= 0.6 is 0 Å². The smallest absolute Gasteiger partial charge is 0.314 e. The van der Waals surface area contributed by atoms with Gasteiger partial charge in [-0.3, -0.25) is 14.7 Å². The van der Waals surface area contributed by atoms with Crippen LogP contribution in [-0.4, -0.2) is 38.4 Å². The number of hydrogen-bond donors (Lipinski definition) is 3. The molecule has 1 aliphatic heterocycles. The Morgan fingerprint density at radius 2 is 2.14 bits per heavy atom. The molecule has 1 aliphatic rings. The molecule has 9 heteroatoms. The first-order valence-electron chi connectivity index (χ1n) is 9.39. The minimum Gasteiger partial charge on any atom is -0.383 e. The molecular weight excluding hydrogens is 375 g/mol. The first-order chi connectivity index (χ1) is 13.9. The molecule has 4 N–H and O–H groups in total. The normalized spacial score (nSPS) is 19.3. The molecule has 3 heterocycles. The lowest BCUT2D eigenvalue weighted by molar-refractivity contribution is -0.146. The van der Waals surface area contributed by atoms with Crippen molar-refractivity contribution in [1.82, 2.24) is 20.1 Å². The molecule has 2 unspecified atom stereocenters. The number of fused-ring (bicyclic) bond motifs is 1. The molecule has 0 bridgehead atoms. The van der Waals surface area contributed by atoms with E-state index in [0.717, 1.165) is 6.42 Å². The number of aromatic nitrogens is 3. The highest BCUT2D eigenvalue weighted by Gasteiger charge is 2.34. The molecule has 2 aromatic heterocycles. The van der Waals surface area contributed by atoms with Gasteiger partial charge in [0.15, 0.2) is 0 Å². The van der Waals surface area contributed by atoms with Crippen molar-refractivity contribution in [2.75, 3.05) is 17.6 Å². The quantitative estimate of drug-likeness (QED) is 0.576. The molecule has 1 fully saturated rings. The predicted octanol–water partition coefficient (Wildman–Crippen LogP) is 2.62. The summed E-state index contributed by atoms with van der Waals surface area (Å²) < 4.78 is 13.7. The van der Waals surface area contributed by atoms with E-state index < -0.39 is 11.8 Å². The number of nitrogen functional groups attached to an aromatic ring is 1. The van der Waals surface area contributed by atoms with Crippen molar-refractivity contribution in [1.29, 1.82) is 0 Å². The third-order valence-electron chi connectivity index (χ3n) is 5.27. The number of anilines is 2. The molecule has 0 aliphatic carbocycles. The number of likely N-dealkylation sites (tertiary alicyclic amines) is 1. The number of carbonyl (C=O) groups is 2. The Hall–Kier alpha value is -3.49. The molecule has 29 heavy (non-hydrogen) atoms. The summed E-state index contributed by atoms with van der Waals surface area (Å²) in [5.74, 6) is -1.31. The van der Waals surface area contributed by atoms with E-state index in [1.165, 1.54) is 29.4 Å². The van der Waals surface area contributed by atoms with Crippen LogP contribution in [0.2, 0.25) is 0 Å². The van der Waals surface area contributed by atoms with E-state index in [0.29, 0.717) is 35.1 Å². The first-order valence-corrected chi connectivity index (χ1v) is 9.39. The van der Waals surface area contributed by atoms with E-state index in [-0.39, 0.29) is 23.6 Å². The maximum Gasteiger partial charge on any atom is 0.314 e. The van der Waals surface area contributed by atoms with Crippen LogP contribution in [0.4, 0.5) is 15.9 Å². The van der Waals surface area contributed by atoms with Crippen LogP contribution in [0.15, 0.2) is 36.7 Å². The zero-order valence-electron chi connectivity index (χ0n) is 15.9. The van der Waals surface area contributed by atoms with Crippen LogP contribution in [0.1, 0.15) is 31.4 Å². The zero-order chi connectivity index (χ0) is 20.5. The van der Waals surface area contributed by atoms with Crippen LogP contribution in [0, 0.1) is 11.7 Å². The number of hydrogen-bond acceptors (Lipinski definition) is 5. The fourth-order valence-corrected chi connectivity index (χ4v) is 3.79. The fraction of sp³-hybridized carbons (Fsp3) is 0.300. The summed E-state index contributed by atoms with van der Waals surface area (Å²) in [6.45, 7) is 2.45. The summed E-state index contributed by atoms with van der Waals surface area (Å²) in [5.41, 5.74) is 7.29. The van der Waals surface area contributed by atoms with E-state index in [2.05, 4.69) is 20.5 Å². The van der Waals surface area contributed by atoms with E-state index in [4.69, 9.17) is 5.73 Å². The minimum absolute atomic E-state index is 0.245. The zero-order valence-corrected chi connectivity index (χ0v) is 15.9. The Labute approximate surface area is 166 Å². The lowest BCUT2D eigenvalue weighted by Crippen LogP contribution is -2.46. The van der Waals surface area contributed by atoms with Crippen molar-refractivity contribution in [3.8, 4) is 0 Å². The number of nitrogens with zero attached hydrogens (tertiary/aromatic N) is 3. The van der Waals surface area contributed by atoms with Gasteiger partial charge in [-0.25, -0.2) is 9.37 Å². The van der Waals surface area contributed by atoms with Gasteiger partial charge in [0.2, 0.25) is 0 Å². The molecule has 0 spiro atoms. The van der Waals surface area contributed by atoms with Gasteiger partial charge in [-0.2, -0.15) is 5.10 Å². The minimum atomic E-state index is -0.789. The Morgan fingerprint density at radius 3 is 2.93 bits per heavy atom. The van der Waals surface area contributed by atoms with Crippen LogP contribution in [0.5, 0.6) is 0 Å². The number of nitrogens with one attached hydrogen (secondary N) is 2. The maximum absolute atomic E-state index is 13.7. The molecule has 2 amide bonds. The van der Waals surface area contributed by atoms with Gasteiger partial charge in [0.05, 0.1) is 35.0 Å². The highest BCUT2D eigenvalue weighted by molar-refractivity contribution is 6.40. The second-order valence-corrected chi connectivity index (χ2v) is 7.38. The van der Waals surface area contributed by atoms with Gasteiger partial charge in [0, 0.05) is 6.54 Å². The maximum atomic E-state index is 13.7. The summed E-state index contributed by atoms with van der Waals surface area (Å²) in [6, 6.07) is 5.81. The Balaban J connectivity index is 1.59. The largest absolute Gasteiger partial charge is 0.383 e. The number of rotatable bonds is 2. The van der Waals surface area contributed by atoms with Gasteiger partial charge in [0.25, 0.3) is 0 Å². The van der Waals surface area contributed by atoms with Gasteiger partial charge < -0.3 is 16.0 Å². The number of amides is 2. The lowest BCUT2D eigenvalue weighted by Gasteiger charge is -2.38. The molecule has 1 saturated heterocycles. The molecule has 3 aromatic rings. The average Bonchev–Trinajstić information content (AvgIpc) is 3.20. The number of aromatic amines is 1. The van der Waals surface area contributed by atoms with Crippen LogP contribution < -0.4 is 11.1 Å². The van der Waals surface area contributed by atoms with Gasteiger partial charge in [0.1, 0.15) is 11.6 Å². The van der Waals surface area contributed by atoms with Crippen molar-refractivity contribution in [2.45, 2.75) is 25.8 Å². The van der Waals surface area contributed by atoms with E-state index in [1.54, 1.807) is 12.1 Å². The second kappa shape index (κ2) is 7.50.